The third kappa shape index (κ3) is 25.8. The number of ether oxygens (including phenoxy) is 3. The number of unbranched alkanes of at least 4 members (excludes halogenated alkanes) is 10. The lowest BCUT2D eigenvalue weighted by molar-refractivity contribution is -0.870. The van der Waals surface area contributed by atoms with Crippen LogP contribution < -0.4 is 4.89 Å². The van der Waals surface area contributed by atoms with Gasteiger partial charge in [-0.15, -0.1) is 0 Å². The summed E-state index contributed by atoms with van der Waals surface area (Å²) in [6, 6.07) is 0. The van der Waals surface area contributed by atoms with Gasteiger partial charge in [-0.3, -0.25) is 14.2 Å². The zero-order chi connectivity index (χ0) is 46.7. The van der Waals surface area contributed by atoms with Gasteiger partial charge >= 0.3 is 11.9 Å². The monoisotopic (exact) mass is 914 g/mol. The summed E-state index contributed by atoms with van der Waals surface area (Å²) >= 11 is 0. The van der Waals surface area contributed by atoms with Crippen molar-refractivity contribution in [2.24, 2.45) is 5.92 Å². The van der Waals surface area contributed by atoms with Crippen LogP contribution in [0.2, 0.25) is 0 Å². The number of carbonyl (C=O) groups is 2. The molecule has 1 aliphatic heterocycles. The zero-order valence-corrected chi connectivity index (χ0v) is 40.7. The molecule has 1 aliphatic rings. The minimum absolute atomic E-state index is 0.0211. The van der Waals surface area contributed by atoms with Crippen LogP contribution in [0.15, 0.2) is 28.7 Å². The number of likely N-dealkylation sites (N-methyl/N-ethyl adjacent to an activating group) is 1. The molecule has 0 spiro atoms. The third-order valence-electron chi connectivity index (χ3n) is 11.5. The number of allylic oxidation sites excluding steroid dienone is 2. The molecule has 0 aliphatic carbocycles. The zero-order valence-electron chi connectivity index (χ0n) is 39.8. The highest BCUT2D eigenvalue weighted by Crippen LogP contribution is 2.38. The summed E-state index contributed by atoms with van der Waals surface area (Å²) < 4.78 is 45.9. The molecule has 0 bridgehead atoms. The van der Waals surface area contributed by atoms with Gasteiger partial charge in [0.25, 0.3) is 7.82 Å². The van der Waals surface area contributed by atoms with Crippen LogP contribution in [-0.2, 0) is 50.3 Å². The summed E-state index contributed by atoms with van der Waals surface area (Å²) in [4.78, 5) is 38.0. The molecule has 3 N–H and O–H groups in total. The Bertz CT molecular complexity index is 1520. The molecular formula is C48H84NO13P. The number of furan rings is 1. The smallest absolute Gasteiger partial charge is 0.306 e. The highest BCUT2D eigenvalue weighted by molar-refractivity contribution is 7.45. The summed E-state index contributed by atoms with van der Waals surface area (Å²) in [5.74, 6) is 0.851. The van der Waals surface area contributed by atoms with Crippen LogP contribution in [0, 0.1) is 19.8 Å². The second kappa shape index (κ2) is 31.5. The van der Waals surface area contributed by atoms with Gasteiger partial charge in [0.1, 0.15) is 31.3 Å². The molecule has 1 aromatic rings. The second-order valence-corrected chi connectivity index (χ2v) is 19.6. The number of hydrogen-bond donors (Lipinski definition) is 3. The maximum absolute atomic E-state index is 12.9. The first kappa shape index (κ1) is 56.7. The van der Waals surface area contributed by atoms with Crippen molar-refractivity contribution < 1.29 is 66.5 Å². The van der Waals surface area contributed by atoms with E-state index in [0.29, 0.717) is 43.1 Å². The highest BCUT2D eigenvalue weighted by atomic mass is 31.2. The lowest BCUT2D eigenvalue weighted by Crippen LogP contribution is -2.43. The van der Waals surface area contributed by atoms with Crippen molar-refractivity contribution in [3.63, 3.8) is 0 Å². The molecule has 7 atom stereocenters. The van der Waals surface area contributed by atoms with Crippen LogP contribution in [0.1, 0.15) is 158 Å². The quantitative estimate of drug-likeness (QED) is 0.0194. The highest BCUT2D eigenvalue weighted by Gasteiger charge is 2.35. The van der Waals surface area contributed by atoms with E-state index in [1.165, 1.54) is 24.0 Å². The molecule has 63 heavy (non-hydrogen) atoms. The standard InChI is InChI=1S/C48H84NO13P/c1-8-10-18-24-39(50)30-31-45-41(42(51)34-48(54)62-45)25-20-16-17-23-29-47(53)60-40(36-59-63(55,56)58-33-32-49(5,6)7)35-57-46(52)28-22-15-13-12-14-21-27-44-38(4)37(3)43(61-44)26-19-11-9-2/h16,20,30-31,39-42,45,48,50-51,54H,8-15,17-19,21-29,32-36H2,1-7H3/b20-16-,31-30+/t39-,40+,41-,42-,45+,48?/m0/s1. The number of rotatable bonds is 35. The van der Waals surface area contributed by atoms with Gasteiger partial charge in [-0.1, -0.05) is 95.9 Å². The van der Waals surface area contributed by atoms with E-state index in [1.807, 2.05) is 33.3 Å². The minimum atomic E-state index is -4.72. The Hall–Kier alpha value is -2.39. The molecule has 0 amide bonds. The van der Waals surface area contributed by atoms with Crippen LogP contribution in [0.5, 0.6) is 0 Å². The van der Waals surface area contributed by atoms with Gasteiger partial charge < -0.3 is 52.4 Å². The average molecular weight is 914 g/mol. The lowest BCUT2D eigenvalue weighted by atomic mass is 9.87. The lowest BCUT2D eigenvalue weighted by Gasteiger charge is -2.36. The molecule has 364 valence electrons. The van der Waals surface area contributed by atoms with Crippen molar-refractivity contribution >= 4 is 19.8 Å². The minimum Gasteiger partial charge on any atom is -0.756 e. The maximum Gasteiger partial charge on any atom is 0.306 e. The van der Waals surface area contributed by atoms with Crippen LogP contribution in [-0.4, -0.2) is 110 Å². The van der Waals surface area contributed by atoms with Crippen LogP contribution >= 0.6 is 7.82 Å². The van der Waals surface area contributed by atoms with E-state index in [2.05, 4.69) is 27.7 Å². The number of esters is 2. The first-order valence-corrected chi connectivity index (χ1v) is 25.3. The number of aliphatic hydroxyl groups is 3. The summed E-state index contributed by atoms with van der Waals surface area (Å²) in [5.41, 5.74) is 2.57. The Balaban J connectivity index is 1.80. The Morgan fingerprint density at radius 3 is 2.13 bits per heavy atom. The molecular weight excluding hydrogens is 829 g/mol. The van der Waals surface area contributed by atoms with Crippen molar-refractivity contribution in [1.82, 2.24) is 0 Å². The molecule has 2 rings (SSSR count). The number of nitrogens with zero attached hydrogens (tertiary/aromatic N) is 1. The third-order valence-corrected chi connectivity index (χ3v) is 12.4. The van der Waals surface area contributed by atoms with Crippen molar-refractivity contribution in [3.05, 3.63) is 47.0 Å². The number of phosphoric acid groups is 1. The summed E-state index contributed by atoms with van der Waals surface area (Å²) in [5, 5.41) is 31.1. The predicted octanol–water partition coefficient (Wildman–Crippen LogP) is 8.26. The van der Waals surface area contributed by atoms with E-state index < -0.39 is 57.1 Å². The molecule has 2 heterocycles. The predicted molar refractivity (Wildman–Crippen MR) is 243 cm³/mol. The second-order valence-electron chi connectivity index (χ2n) is 18.2. The molecule has 0 aromatic carbocycles. The van der Waals surface area contributed by atoms with E-state index in [0.717, 1.165) is 82.1 Å². The molecule has 0 radical (unpaired) electrons. The molecule has 15 heteroatoms. The fraction of sp³-hybridized carbons (Fsp3) is 0.792. The van der Waals surface area contributed by atoms with Crippen LogP contribution in [0.4, 0.5) is 0 Å². The Morgan fingerprint density at radius 1 is 0.841 bits per heavy atom. The van der Waals surface area contributed by atoms with E-state index in [9.17, 15) is 34.4 Å². The molecule has 1 fully saturated rings. The maximum atomic E-state index is 12.9. The SMILES string of the molecule is CCCCCc1oc(CCCCCCCCC(=O)OC[C@H](COP(=O)([O-])OCC[N+](C)(C)C)OC(=O)CCC/C=C\C[C@H]2[C@@H](O)CC(O)O[C@@H]2/C=C/[C@@H](O)CCCCC)c(C)c1C. The molecule has 14 nitrogen and oxygen atoms in total. The Morgan fingerprint density at radius 2 is 1.46 bits per heavy atom. The number of aliphatic hydroxyl groups excluding tert-OH is 3. The van der Waals surface area contributed by atoms with Crippen molar-refractivity contribution in [2.45, 2.75) is 193 Å². The molecule has 2 unspecified atom stereocenters. The van der Waals surface area contributed by atoms with Gasteiger partial charge in [0, 0.05) is 38.0 Å². The van der Waals surface area contributed by atoms with Gasteiger partial charge in [-0.25, -0.2) is 0 Å². The van der Waals surface area contributed by atoms with Crippen molar-refractivity contribution in [1.29, 1.82) is 0 Å². The summed E-state index contributed by atoms with van der Waals surface area (Å²) in [6.45, 7) is 8.02. The van der Waals surface area contributed by atoms with Gasteiger partial charge in [-0.2, -0.15) is 0 Å². The first-order valence-electron chi connectivity index (χ1n) is 23.8. The molecule has 0 saturated carbocycles. The number of aryl methyl sites for hydroxylation is 2. The largest absolute Gasteiger partial charge is 0.756 e. The Kier molecular flexibility index (Phi) is 28.4. The number of phosphoric ester groups is 1. The molecule has 1 saturated heterocycles. The normalized spacial score (nSPS) is 20.3. The fourth-order valence-corrected chi connectivity index (χ4v) is 8.07. The van der Waals surface area contributed by atoms with Crippen molar-refractivity contribution in [2.75, 3.05) is 47.5 Å². The first-order chi connectivity index (χ1) is 29.9. The van der Waals surface area contributed by atoms with E-state index in [4.69, 9.17) is 27.7 Å². The van der Waals surface area contributed by atoms with Gasteiger partial charge in [-0.05, 0) is 69.9 Å². The fourth-order valence-electron chi connectivity index (χ4n) is 7.34. The van der Waals surface area contributed by atoms with Crippen molar-refractivity contribution in [3.8, 4) is 0 Å². The van der Waals surface area contributed by atoms with Crippen LogP contribution in [0.3, 0.4) is 0 Å². The van der Waals surface area contributed by atoms with Gasteiger partial charge in [0.2, 0.25) is 0 Å². The molecule has 1 aromatic heterocycles. The van der Waals surface area contributed by atoms with Gasteiger partial charge in [0.05, 0.1) is 46.1 Å². The summed E-state index contributed by atoms with van der Waals surface area (Å²) in [7, 11) is 0.971. The summed E-state index contributed by atoms with van der Waals surface area (Å²) in [6.07, 6.45) is 19.5. The van der Waals surface area contributed by atoms with E-state index >= 15 is 0 Å². The topological polar surface area (TPSA) is 194 Å². The average Bonchev–Trinajstić information content (AvgIpc) is 3.48. The Labute approximate surface area is 378 Å². The van der Waals surface area contributed by atoms with Gasteiger partial charge in [0.15, 0.2) is 12.4 Å². The number of carbonyl (C=O) groups excluding carboxylic acids is 2. The van der Waals surface area contributed by atoms with Crippen LogP contribution in [0.25, 0.3) is 0 Å². The number of quaternary nitrogens is 1. The van der Waals surface area contributed by atoms with E-state index in [-0.39, 0.29) is 38.4 Å². The van der Waals surface area contributed by atoms with E-state index in [1.54, 1.807) is 12.2 Å². The number of hydrogen-bond acceptors (Lipinski definition) is 13.